The molecule has 0 saturated carbocycles. The summed E-state index contributed by atoms with van der Waals surface area (Å²) >= 11 is 0. The Bertz CT molecular complexity index is 709. The van der Waals surface area contributed by atoms with E-state index in [1.54, 1.807) is 19.9 Å². The number of carbonyl (C=O) groups excluding carboxylic acids is 1. The van der Waals surface area contributed by atoms with E-state index in [0.29, 0.717) is 17.9 Å². The minimum Gasteiger partial charge on any atom is -0.507 e. The molecule has 0 radical (unpaired) electrons. The largest absolute Gasteiger partial charge is 0.507 e. The number of aliphatic hydroxyl groups excluding tert-OH is 1. The average Bonchev–Trinajstić information content (AvgIpc) is 2.84. The van der Waals surface area contributed by atoms with Crippen LogP contribution in [-0.4, -0.2) is 26.9 Å². The molecule has 0 spiro atoms. The van der Waals surface area contributed by atoms with E-state index in [1.165, 1.54) is 18.9 Å². The second-order valence-corrected chi connectivity index (χ2v) is 8.37. The highest BCUT2D eigenvalue weighted by Gasteiger charge is 2.42. The summed E-state index contributed by atoms with van der Waals surface area (Å²) in [6, 6.07) is 5.03. The SMILES string of the molecule is CC1=C(O)[C@@](C)(CCCCC[C@H](C)CCCCc2ccc(O)c(O)c2)OC1=O. The van der Waals surface area contributed by atoms with E-state index in [-0.39, 0.29) is 17.3 Å². The fourth-order valence-corrected chi connectivity index (χ4v) is 3.81. The molecule has 0 fully saturated rings. The van der Waals surface area contributed by atoms with Crippen molar-refractivity contribution in [1.29, 1.82) is 0 Å². The Morgan fingerprint density at radius 3 is 2.29 bits per heavy atom. The second-order valence-electron chi connectivity index (χ2n) is 8.37. The van der Waals surface area contributed by atoms with Crippen molar-refractivity contribution in [3.8, 4) is 11.5 Å². The maximum Gasteiger partial charge on any atom is 0.338 e. The quantitative estimate of drug-likeness (QED) is 0.262. The van der Waals surface area contributed by atoms with E-state index >= 15 is 0 Å². The number of ether oxygens (including phenoxy) is 1. The van der Waals surface area contributed by atoms with Gasteiger partial charge in [0, 0.05) is 0 Å². The Morgan fingerprint density at radius 1 is 1.00 bits per heavy atom. The molecular formula is C23H34O5. The van der Waals surface area contributed by atoms with Crippen LogP contribution >= 0.6 is 0 Å². The van der Waals surface area contributed by atoms with Crippen LogP contribution in [0.5, 0.6) is 11.5 Å². The van der Waals surface area contributed by atoms with E-state index in [2.05, 4.69) is 6.92 Å². The first-order valence-corrected chi connectivity index (χ1v) is 10.4. The van der Waals surface area contributed by atoms with E-state index < -0.39 is 11.6 Å². The lowest BCUT2D eigenvalue weighted by Gasteiger charge is -2.23. The van der Waals surface area contributed by atoms with Crippen molar-refractivity contribution in [2.24, 2.45) is 5.92 Å². The lowest BCUT2D eigenvalue weighted by Crippen LogP contribution is -2.27. The van der Waals surface area contributed by atoms with Gasteiger partial charge in [0.05, 0.1) is 5.57 Å². The number of rotatable bonds is 11. The fraction of sp³-hybridized carbons (Fsp3) is 0.609. The fourth-order valence-electron chi connectivity index (χ4n) is 3.81. The van der Waals surface area contributed by atoms with Crippen molar-refractivity contribution in [3.63, 3.8) is 0 Å². The molecule has 5 heteroatoms. The van der Waals surface area contributed by atoms with Crippen molar-refractivity contribution in [1.82, 2.24) is 0 Å². The summed E-state index contributed by atoms with van der Waals surface area (Å²) in [7, 11) is 0. The van der Waals surface area contributed by atoms with Crippen LogP contribution in [0.25, 0.3) is 0 Å². The van der Waals surface area contributed by atoms with E-state index in [9.17, 15) is 20.1 Å². The molecule has 0 saturated heterocycles. The van der Waals surface area contributed by atoms with Crippen molar-refractivity contribution in [2.75, 3.05) is 0 Å². The van der Waals surface area contributed by atoms with Gasteiger partial charge in [-0.15, -0.1) is 0 Å². The number of hydrogen-bond donors (Lipinski definition) is 3. The van der Waals surface area contributed by atoms with Gasteiger partial charge in [-0.25, -0.2) is 4.79 Å². The minimum absolute atomic E-state index is 0.0499. The van der Waals surface area contributed by atoms with Gasteiger partial charge in [0.15, 0.2) is 17.1 Å². The summed E-state index contributed by atoms with van der Waals surface area (Å²) in [5, 5.41) is 28.9. The third-order valence-corrected chi connectivity index (χ3v) is 5.78. The van der Waals surface area contributed by atoms with Crippen molar-refractivity contribution in [3.05, 3.63) is 35.1 Å². The summed E-state index contributed by atoms with van der Waals surface area (Å²) in [5.41, 5.74) is 0.547. The number of cyclic esters (lactones) is 1. The average molecular weight is 391 g/mol. The lowest BCUT2D eigenvalue weighted by atomic mass is 9.93. The molecule has 0 aromatic heterocycles. The molecule has 0 aliphatic carbocycles. The molecule has 2 atom stereocenters. The van der Waals surface area contributed by atoms with Gasteiger partial charge >= 0.3 is 5.97 Å². The second kappa shape index (κ2) is 9.85. The van der Waals surface area contributed by atoms with Crippen LogP contribution in [0.1, 0.15) is 77.7 Å². The predicted octanol–water partition coefficient (Wildman–Crippen LogP) is 5.54. The number of aromatic hydroxyl groups is 2. The van der Waals surface area contributed by atoms with Gasteiger partial charge in [0.25, 0.3) is 0 Å². The number of carbonyl (C=O) groups is 1. The molecule has 1 aromatic rings. The summed E-state index contributed by atoms with van der Waals surface area (Å²) in [5.74, 6) is 0.234. The molecule has 1 heterocycles. The summed E-state index contributed by atoms with van der Waals surface area (Å²) in [6.07, 6.45) is 9.29. The van der Waals surface area contributed by atoms with Crippen molar-refractivity contribution in [2.45, 2.75) is 84.2 Å². The van der Waals surface area contributed by atoms with Crippen LogP contribution in [0.15, 0.2) is 29.5 Å². The molecule has 0 bridgehead atoms. The maximum atomic E-state index is 11.6. The number of esters is 1. The number of unbranched alkanes of at least 4 members (excludes halogenated alkanes) is 3. The summed E-state index contributed by atoms with van der Waals surface area (Å²) < 4.78 is 5.32. The highest BCUT2D eigenvalue weighted by Crippen LogP contribution is 2.35. The smallest absolute Gasteiger partial charge is 0.338 e. The molecule has 3 N–H and O–H groups in total. The molecular weight excluding hydrogens is 356 g/mol. The molecule has 1 aliphatic heterocycles. The van der Waals surface area contributed by atoms with Crippen LogP contribution in [0.4, 0.5) is 0 Å². The van der Waals surface area contributed by atoms with Crippen LogP contribution in [0.3, 0.4) is 0 Å². The molecule has 1 aliphatic rings. The predicted molar refractivity (Wildman–Crippen MR) is 109 cm³/mol. The summed E-state index contributed by atoms with van der Waals surface area (Å²) in [4.78, 5) is 11.6. The number of hydrogen-bond acceptors (Lipinski definition) is 5. The highest BCUT2D eigenvalue weighted by molar-refractivity contribution is 5.91. The number of phenols is 2. The zero-order valence-electron chi connectivity index (χ0n) is 17.3. The Labute approximate surface area is 168 Å². The molecule has 28 heavy (non-hydrogen) atoms. The maximum absolute atomic E-state index is 11.6. The zero-order chi connectivity index (χ0) is 20.7. The minimum atomic E-state index is -0.838. The topological polar surface area (TPSA) is 87.0 Å². The third kappa shape index (κ3) is 5.91. The number of aryl methyl sites for hydroxylation is 1. The van der Waals surface area contributed by atoms with Gasteiger partial charge in [-0.2, -0.15) is 0 Å². The first kappa shape index (κ1) is 22.1. The van der Waals surface area contributed by atoms with Gasteiger partial charge in [0.2, 0.25) is 0 Å². The Kier molecular flexibility index (Phi) is 7.78. The Balaban J connectivity index is 1.55. The van der Waals surface area contributed by atoms with Crippen LogP contribution in [0, 0.1) is 5.92 Å². The van der Waals surface area contributed by atoms with E-state index in [0.717, 1.165) is 44.1 Å². The number of benzene rings is 1. The monoisotopic (exact) mass is 390 g/mol. The molecule has 2 rings (SSSR count). The van der Waals surface area contributed by atoms with E-state index in [4.69, 9.17) is 4.74 Å². The van der Waals surface area contributed by atoms with Crippen LogP contribution < -0.4 is 0 Å². The van der Waals surface area contributed by atoms with Crippen LogP contribution in [0.2, 0.25) is 0 Å². The van der Waals surface area contributed by atoms with Gasteiger partial charge in [0.1, 0.15) is 5.76 Å². The third-order valence-electron chi connectivity index (χ3n) is 5.78. The normalized spacial score (nSPS) is 20.5. The molecule has 1 aromatic carbocycles. The van der Waals surface area contributed by atoms with Gasteiger partial charge < -0.3 is 20.1 Å². The number of aliphatic hydroxyl groups is 1. The Morgan fingerprint density at radius 2 is 1.68 bits per heavy atom. The first-order chi connectivity index (χ1) is 13.2. The molecule has 0 amide bonds. The molecule has 5 nitrogen and oxygen atoms in total. The molecule has 156 valence electrons. The van der Waals surface area contributed by atoms with Gasteiger partial charge in [-0.05, 0) is 63.1 Å². The van der Waals surface area contributed by atoms with E-state index in [1.807, 2.05) is 6.07 Å². The van der Waals surface area contributed by atoms with Crippen LogP contribution in [-0.2, 0) is 16.0 Å². The first-order valence-electron chi connectivity index (χ1n) is 10.4. The standard InChI is InChI=1S/C23H34O5/c1-16(10-6-7-11-18-12-13-19(24)20(25)15-18)9-5-4-8-14-23(3)21(26)17(2)22(27)28-23/h12-13,15-16,24-26H,4-11,14H2,1-3H3/t16-,23+/m0/s1. The number of phenolic OH excluding ortho intramolecular Hbond substituents is 2. The van der Waals surface area contributed by atoms with Crippen molar-refractivity contribution >= 4 is 5.97 Å². The van der Waals surface area contributed by atoms with Crippen molar-refractivity contribution < 1.29 is 24.9 Å². The zero-order valence-corrected chi connectivity index (χ0v) is 17.3. The summed E-state index contributed by atoms with van der Waals surface area (Å²) in [6.45, 7) is 5.67. The lowest BCUT2D eigenvalue weighted by molar-refractivity contribution is -0.147. The molecule has 0 unspecified atom stereocenters. The highest BCUT2D eigenvalue weighted by atomic mass is 16.6. The van der Waals surface area contributed by atoms with Gasteiger partial charge in [-0.1, -0.05) is 45.1 Å². The van der Waals surface area contributed by atoms with Gasteiger partial charge in [-0.3, -0.25) is 0 Å². The Hall–Kier alpha value is -2.17.